The van der Waals surface area contributed by atoms with Gasteiger partial charge in [-0.2, -0.15) is 0 Å². The average molecular weight is 240 g/mol. The van der Waals surface area contributed by atoms with Gasteiger partial charge in [-0.3, -0.25) is 4.90 Å². The summed E-state index contributed by atoms with van der Waals surface area (Å²) < 4.78 is 5.69. The summed E-state index contributed by atoms with van der Waals surface area (Å²) in [7, 11) is 0. The minimum atomic E-state index is 0.565. The van der Waals surface area contributed by atoms with E-state index in [-0.39, 0.29) is 0 Å². The number of hydrogen-bond donors (Lipinski definition) is 1. The first-order chi connectivity index (χ1) is 8.27. The van der Waals surface area contributed by atoms with E-state index in [4.69, 9.17) is 4.74 Å². The van der Waals surface area contributed by atoms with Crippen LogP contribution in [-0.2, 0) is 4.74 Å². The van der Waals surface area contributed by atoms with Gasteiger partial charge in [-0.25, -0.2) is 0 Å². The van der Waals surface area contributed by atoms with E-state index in [0.717, 1.165) is 31.7 Å². The third-order valence-electron chi connectivity index (χ3n) is 4.16. The first-order valence-electron chi connectivity index (χ1n) is 7.33. The van der Waals surface area contributed by atoms with Crippen molar-refractivity contribution in [3.8, 4) is 0 Å². The lowest BCUT2D eigenvalue weighted by Crippen LogP contribution is -2.53. The molecule has 0 aliphatic carbocycles. The third-order valence-corrected chi connectivity index (χ3v) is 4.16. The molecule has 100 valence electrons. The van der Waals surface area contributed by atoms with Gasteiger partial charge in [-0.1, -0.05) is 13.8 Å². The molecule has 2 rings (SSSR count). The van der Waals surface area contributed by atoms with E-state index in [1.54, 1.807) is 0 Å². The lowest BCUT2D eigenvalue weighted by atomic mass is 10.00. The summed E-state index contributed by atoms with van der Waals surface area (Å²) in [6, 6.07) is 0.730. The van der Waals surface area contributed by atoms with E-state index in [0.29, 0.717) is 6.10 Å². The molecular formula is C14H28N2O. The van der Waals surface area contributed by atoms with E-state index in [9.17, 15) is 0 Å². The molecule has 0 aromatic carbocycles. The molecule has 0 radical (unpaired) electrons. The molecule has 3 heteroatoms. The van der Waals surface area contributed by atoms with Gasteiger partial charge in [0.25, 0.3) is 0 Å². The molecule has 2 heterocycles. The minimum absolute atomic E-state index is 0.565. The third kappa shape index (κ3) is 3.94. The predicted octanol–water partition coefficient (Wildman–Crippen LogP) is 1.88. The zero-order valence-corrected chi connectivity index (χ0v) is 11.5. The van der Waals surface area contributed by atoms with Crippen LogP contribution < -0.4 is 5.32 Å². The predicted molar refractivity (Wildman–Crippen MR) is 71.3 cm³/mol. The van der Waals surface area contributed by atoms with Crippen molar-refractivity contribution in [3.63, 3.8) is 0 Å². The molecule has 2 fully saturated rings. The van der Waals surface area contributed by atoms with Crippen LogP contribution in [0, 0.1) is 5.92 Å². The Morgan fingerprint density at radius 1 is 1.41 bits per heavy atom. The van der Waals surface area contributed by atoms with Gasteiger partial charge in [0.05, 0.1) is 6.10 Å². The van der Waals surface area contributed by atoms with Crippen molar-refractivity contribution in [2.75, 3.05) is 32.8 Å². The first-order valence-corrected chi connectivity index (χ1v) is 7.33. The maximum absolute atomic E-state index is 5.69. The maximum Gasteiger partial charge on any atom is 0.0576 e. The normalized spacial score (nSPS) is 31.2. The number of nitrogens with zero attached hydrogens (tertiary/aromatic N) is 1. The second-order valence-corrected chi connectivity index (χ2v) is 5.83. The van der Waals surface area contributed by atoms with Gasteiger partial charge in [0.2, 0.25) is 0 Å². The molecule has 0 aromatic heterocycles. The molecule has 0 amide bonds. The van der Waals surface area contributed by atoms with Crippen molar-refractivity contribution in [3.05, 3.63) is 0 Å². The largest absolute Gasteiger partial charge is 0.378 e. The smallest absolute Gasteiger partial charge is 0.0576 e. The van der Waals surface area contributed by atoms with Crippen LogP contribution in [0.25, 0.3) is 0 Å². The van der Waals surface area contributed by atoms with Gasteiger partial charge >= 0.3 is 0 Å². The summed E-state index contributed by atoms with van der Waals surface area (Å²) in [5.74, 6) is 0.755. The first kappa shape index (κ1) is 13.3. The lowest BCUT2D eigenvalue weighted by Gasteiger charge is -2.38. The van der Waals surface area contributed by atoms with E-state index >= 15 is 0 Å². The van der Waals surface area contributed by atoms with Crippen LogP contribution in [0.15, 0.2) is 0 Å². The summed E-state index contributed by atoms with van der Waals surface area (Å²) in [4.78, 5) is 2.68. The van der Waals surface area contributed by atoms with Crippen molar-refractivity contribution in [2.45, 2.75) is 51.7 Å². The summed E-state index contributed by atoms with van der Waals surface area (Å²) in [5.41, 5.74) is 0. The molecule has 2 saturated heterocycles. The van der Waals surface area contributed by atoms with Gasteiger partial charge in [0.1, 0.15) is 0 Å². The number of piperazine rings is 1. The standard InChI is InChI=1S/C14H28N2O/c1-12(2)14-11-15-7-9-16(14)8-3-5-13-6-4-10-17-13/h12-15H,3-11H2,1-2H3. The van der Waals surface area contributed by atoms with E-state index in [1.807, 2.05) is 0 Å². The van der Waals surface area contributed by atoms with Gasteiger partial charge in [0.15, 0.2) is 0 Å². The van der Waals surface area contributed by atoms with Crippen LogP contribution in [0.5, 0.6) is 0 Å². The van der Waals surface area contributed by atoms with Crippen LogP contribution >= 0.6 is 0 Å². The Bertz CT molecular complexity index is 214. The molecular weight excluding hydrogens is 212 g/mol. The Labute approximate surface area is 106 Å². The van der Waals surface area contributed by atoms with Crippen molar-refractivity contribution < 1.29 is 4.74 Å². The van der Waals surface area contributed by atoms with Crippen molar-refractivity contribution >= 4 is 0 Å². The number of hydrogen-bond acceptors (Lipinski definition) is 3. The molecule has 1 N–H and O–H groups in total. The highest BCUT2D eigenvalue weighted by molar-refractivity contribution is 4.82. The van der Waals surface area contributed by atoms with Gasteiger partial charge < -0.3 is 10.1 Å². The van der Waals surface area contributed by atoms with E-state index in [1.165, 1.54) is 38.8 Å². The Hall–Kier alpha value is -0.120. The van der Waals surface area contributed by atoms with Crippen molar-refractivity contribution in [1.29, 1.82) is 0 Å². The number of ether oxygens (including phenoxy) is 1. The summed E-state index contributed by atoms with van der Waals surface area (Å²) in [6.07, 6.45) is 5.68. The Balaban J connectivity index is 1.68. The van der Waals surface area contributed by atoms with Crippen molar-refractivity contribution in [1.82, 2.24) is 10.2 Å². The molecule has 2 unspecified atom stereocenters. The molecule has 0 spiro atoms. The Morgan fingerprint density at radius 2 is 2.29 bits per heavy atom. The summed E-state index contributed by atoms with van der Waals surface area (Å²) in [6.45, 7) is 10.5. The fourth-order valence-corrected chi connectivity index (χ4v) is 3.10. The van der Waals surface area contributed by atoms with Crippen LogP contribution in [0.3, 0.4) is 0 Å². The molecule has 0 bridgehead atoms. The highest BCUT2D eigenvalue weighted by Gasteiger charge is 2.24. The van der Waals surface area contributed by atoms with E-state index in [2.05, 4.69) is 24.1 Å². The Kier molecular flexibility index (Phi) is 5.26. The monoisotopic (exact) mass is 240 g/mol. The zero-order valence-electron chi connectivity index (χ0n) is 11.5. The van der Waals surface area contributed by atoms with Crippen LogP contribution in [0.4, 0.5) is 0 Å². The Morgan fingerprint density at radius 3 is 3.00 bits per heavy atom. The molecule has 17 heavy (non-hydrogen) atoms. The molecule has 2 atom stereocenters. The summed E-state index contributed by atoms with van der Waals surface area (Å²) in [5, 5.41) is 3.51. The highest BCUT2D eigenvalue weighted by atomic mass is 16.5. The second-order valence-electron chi connectivity index (χ2n) is 5.83. The molecule has 2 aliphatic rings. The molecule has 3 nitrogen and oxygen atoms in total. The molecule has 0 saturated carbocycles. The fourth-order valence-electron chi connectivity index (χ4n) is 3.10. The summed E-state index contributed by atoms with van der Waals surface area (Å²) >= 11 is 0. The van der Waals surface area contributed by atoms with E-state index < -0.39 is 0 Å². The zero-order chi connectivity index (χ0) is 12.1. The van der Waals surface area contributed by atoms with Gasteiger partial charge in [0, 0.05) is 32.3 Å². The number of rotatable bonds is 5. The SMILES string of the molecule is CC(C)C1CNCCN1CCCC1CCCO1. The fraction of sp³-hybridized carbons (Fsp3) is 1.00. The lowest BCUT2D eigenvalue weighted by molar-refractivity contribution is 0.0866. The van der Waals surface area contributed by atoms with Gasteiger partial charge in [-0.05, 0) is 38.1 Å². The van der Waals surface area contributed by atoms with Gasteiger partial charge in [-0.15, -0.1) is 0 Å². The molecule has 0 aromatic rings. The number of nitrogens with one attached hydrogen (secondary N) is 1. The molecule has 2 aliphatic heterocycles. The second kappa shape index (κ2) is 6.72. The maximum atomic E-state index is 5.69. The highest BCUT2D eigenvalue weighted by Crippen LogP contribution is 2.18. The van der Waals surface area contributed by atoms with Crippen molar-refractivity contribution in [2.24, 2.45) is 5.92 Å². The van der Waals surface area contributed by atoms with Crippen LogP contribution in [0.1, 0.15) is 39.5 Å². The minimum Gasteiger partial charge on any atom is -0.378 e. The average Bonchev–Trinajstić information content (AvgIpc) is 2.82. The van der Waals surface area contributed by atoms with Crippen LogP contribution in [-0.4, -0.2) is 49.8 Å². The quantitative estimate of drug-likeness (QED) is 0.794. The van der Waals surface area contributed by atoms with Crippen LogP contribution in [0.2, 0.25) is 0 Å². The topological polar surface area (TPSA) is 24.5 Å².